The number of rotatable bonds is 7. The van der Waals surface area contributed by atoms with Gasteiger partial charge in [0, 0.05) is 55.5 Å². The van der Waals surface area contributed by atoms with Crippen LogP contribution in [-0.2, 0) is 12.8 Å². The largest absolute Gasteiger partial charge is 0.497 e. The maximum atomic E-state index is 13.0. The fourth-order valence-corrected chi connectivity index (χ4v) is 4.60. The highest BCUT2D eigenvalue weighted by atomic mass is 35.5. The van der Waals surface area contributed by atoms with E-state index < -0.39 is 4.92 Å². The van der Waals surface area contributed by atoms with Crippen molar-refractivity contribution < 1.29 is 14.5 Å². The van der Waals surface area contributed by atoms with E-state index in [1.54, 1.807) is 12.0 Å². The van der Waals surface area contributed by atoms with Gasteiger partial charge in [-0.2, -0.15) is 0 Å². The average Bonchev–Trinajstić information content (AvgIpc) is 2.89. The third-order valence-electron chi connectivity index (χ3n) is 6.31. The second-order valence-corrected chi connectivity index (χ2v) is 9.01. The topological polar surface area (TPSA) is 102 Å². The number of anilines is 1. The van der Waals surface area contributed by atoms with Crippen molar-refractivity contribution in [3.63, 3.8) is 0 Å². The molecule has 1 aromatic heterocycles. The Morgan fingerprint density at radius 3 is 2.42 bits per heavy atom. The number of halogens is 1. The molecular weight excluding hydrogens is 482 g/mol. The summed E-state index contributed by atoms with van der Waals surface area (Å²) < 4.78 is 5.28. The quantitative estimate of drug-likeness (QED) is 0.342. The fourth-order valence-electron chi connectivity index (χ4n) is 4.41. The molecule has 9 nitrogen and oxygen atoms in total. The number of benzene rings is 2. The lowest BCUT2D eigenvalue weighted by Gasteiger charge is -2.36. The van der Waals surface area contributed by atoms with Crippen molar-refractivity contribution in [1.82, 2.24) is 14.9 Å². The van der Waals surface area contributed by atoms with E-state index in [4.69, 9.17) is 26.3 Å². The maximum absolute atomic E-state index is 13.0. The number of carbonyl (C=O) groups is 1. The summed E-state index contributed by atoms with van der Waals surface area (Å²) in [7, 11) is 1.65. The molecule has 0 radical (unpaired) electrons. The minimum absolute atomic E-state index is 0.0108. The van der Waals surface area contributed by atoms with Gasteiger partial charge in [-0.1, -0.05) is 30.7 Å². The Labute approximate surface area is 214 Å². The molecule has 0 spiro atoms. The van der Waals surface area contributed by atoms with E-state index in [2.05, 4.69) is 11.8 Å². The molecule has 2 aromatic carbocycles. The van der Waals surface area contributed by atoms with Gasteiger partial charge in [0.05, 0.1) is 12.0 Å². The van der Waals surface area contributed by atoms with Gasteiger partial charge in [0.25, 0.3) is 11.6 Å². The number of carbonyl (C=O) groups excluding carboxylic acids is 1. The summed E-state index contributed by atoms with van der Waals surface area (Å²) in [6.45, 7) is 6.12. The van der Waals surface area contributed by atoms with Gasteiger partial charge in [-0.3, -0.25) is 14.9 Å². The first-order chi connectivity index (χ1) is 17.3. The van der Waals surface area contributed by atoms with Crippen LogP contribution in [-0.4, -0.2) is 59.0 Å². The number of hydrogen-bond acceptors (Lipinski definition) is 7. The highest BCUT2D eigenvalue weighted by Gasteiger charge is 2.27. The van der Waals surface area contributed by atoms with Crippen LogP contribution in [0.4, 0.5) is 11.5 Å². The van der Waals surface area contributed by atoms with Gasteiger partial charge in [-0.25, -0.2) is 9.97 Å². The van der Waals surface area contributed by atoms with Crippen molar-refractivity contribution in [3.05, 3.63) is 85.8 Å². The lowest BCUT2D eigenvalue weighted by Crippen LogP contribution is -2.49. The number of nitro groups is 1. The zero-order valence-corrected chi connectivity index (χ0v) is 21.3. The average molecular weight is 510 g/mol. The highest BCUT2D eigenvalue weighted by molar-refractivity contribution is 6.32. The minimum Gasteiger partial charge on any atom is -0.497 e. The zero-order chi connectivity index (χ0) is 25.8. The van der Waals surface area contributed by atoms with Crippen molar-refractivity contribution >= 4 is 29.0 Å². The summed E-state index contributed by atoms with van der Waals surface area (Å²) in [6, 6.07) is 12.1. The molecule has 1 aliphatic heterocycles. The van der Waals surface area contributed by atoms with Crippen molar-refractivity contribution in [2.75, 3.05) is 38.2 Å². The zero-order valence-electron chi connectivity index (χ0n) is 20.5. The van der Waals surface area contributed by atoms with Crippen LogP contribution in [0.5, 0.6) is 5.75 Å². The van der Waals surface area contributed by atoms with E-state index in [0.717, 1.165) is 34.8 Å². The molecule has 188 valence electrons. The predicted octanol–water partition coefficient (Wildman–Crippen LogP) is 4.47. The second kappa shape index (κ2) is 10.9. The third-order valence-corrected chi connectivity index (χ3v) is 6.63. The Balaban J connectivity index is 1.54. The summed E-state index contributed by atoms with van der Waals surface area (Å²) in [6.07, 6.45) is 1.48. The molecule has 10 heteroatoms. The molecule has 0 unspecified atom stereocenters. The number of aryl methyl sites for hydroxylation is 2. The molecule has 4 rings (SSSR count). The minimum atomic E-state index is -0.579. The predicted molar refractivity (Wildman–Crippen MR) is 138 cm³/mol. The number of amides is 1. The van der Waals surface area contributed by atoms with E-state index in [-0.39, 0.29) is 22.2 Å². The van der Waals surface area contributed by atoms with Crippen molar-refractivity contribution in [3.8, 4) is 5.75 Å². The van der Waals surface area contributed by atoms with Crippen LogP contribution in [0.2, 0.25) is 5.02 Å². The van der Waals surface area contributed by atoms with E-state index in [1.165, 1.54) is 18.2 Å². The maximum Gasteiger partial charge on any atom is 0.288 e. The summed E-state index contributed by atoms with van der Waals surface area (Å²) in [4.78, 5) is 37.1. The highest BCUT2D eigenvalue weighted by Crippen LogP contribution is 2.28. The van der Waals surface area contributed by atoms with Gasteiger partial charge in [0.2, 0.25) is 0 Å². The van der Waals surface area contributed by atoms with E-state index in [0.29, 0.717) is 38.4 Å². The third kappa shape index (κ3) is 5.41. The first kappa shape index (κ1) is 25.4. The monoisotopic (exact) mass is 509 g/mol. The van der Waals surface area contributed by atoms with Crippen LogP contribution >= 0.6 is 11.6 Å². The van der Waals surface area contributed by atoms with E-state index in [1.807, 2.05) is 31.2 Å². The number of methoxy groups -OCH3 is 1. The van der Waals surface area contributed by atoms with Gasteiger partial charge in [0.1, 0.15) is 22.4 Å². The molecule has 0 saturated carbocycles. The fraction of sp³-hybridized carbons (Fsp3) is 0.346. The van der Waals surface area contributed by atoms with Crippen LogP contribution in [0.1, 0.15) is 39.9 Å². The van der Waals surface area contributed by atoms with Gasteiger partial charge in [-0.15, -0.1) is 0 Å². The summed E-state index contributed by atoms with van der Waals surface area (Å²) >= 11 is 5.90. The SMILES string of the molecule is CCc1nc(C)nc(N2CCN(C(=O)c3ccc(Cl)c([N+](=O)[O-])c3)CC2)c1Cc1ccc(OC)cc1. The van der Waals surface area contributed by atoms with Gasteiger partial charge < -0.3 is 14.5 Å². The Morgan fingerprint density at radius 2 is 1.81 bits per heavy atom. The lowest BCUT2D eigenvalue weighted by atomic mass is 10.0. The molecule has 1 saturated heterocycles. The number of aromatic nitrogens is 2. The molecule has 36 heavy (non-hydrogen) atoms. The van der Waals surface area contributed by atoms with Crippen LogP contribution in [0.3, 0.4) is 0 Å². The Bertz CT molecular complexity index is 1270. The molecule has 1 amide bonds. The number of hydrogen-bond donors (Lipinski definition) is 0. The number of nitro benzene ring substituents is 1. The summed E-state index contributed by atoms with van der Waals surface area (Å²) in [5, 5.41) is 11.2. The first-order valence-electron chi connectivity index (χ1n) is 11.8. The lowest BCUT2D eigenvalue weighted by molar-refractivity contribution is -0.384. The molecule has 0 bridgehead atoms. The summed E-state index contributed by atoms with van der Waals surface area (Å²) in [5.74, 6) is 2.17. The molecule has 0 aliphatic carbocycles. The standard InChI is InChI=1S/C26H28ClN5O4/c1-4-23-21(15-18-5-8-20(36-3)9-6-18)25(29-17(2)28-23)30-11-13-31(14-12-30)26(33)19-7-10-22(27)24(16-19)32(34)35/h5-10,16H,4,11-15H2,1-3H3. The van der Waals surface area contributed by atoms with Crippen LogP contribution in [0.15, 0.2) is 42.5 Å². The Hall–Kier alpha value is -3.72. The molecule has 0 atom stereocenters. The van der Waals surface area contributed by atoms with Gasteiger partial charge >= 0.3 is 0 Å². The molecule has 1 fully saturated rings. The van der Waals surface area contributed by atoms with Gasteiger partial charge in [-0.05, 0) is 43.2 Å². The second-order valence-electron chi connectivity index (χ2n) is 8.60. The number of piperazine rings is 1. The van der Waals surface area contributed by atoms with Crippen LogP contribution in [0.25, 0.3) is 0 Å². The Kier molecular flexibility index (Phi) is 7.69. The molecule has 2 heterocycles. The van der Waals surface area contributed by atoms with E-state index in [9.17, 15) is 14.9 Å². The van der Waals surface area contributed by atoms with Crippen molar-refractivity contribution in [2.45, 2.75) is 26.7 Å². The van der Waals surface area contributed by atoms with Crippen molar-refractivity contribution in [2.24, 2.45) is 0 Å². The summed E-state index contributed by atoms with van der Waals surface area (Å²) in [5.41, 5.74) is 3.22. The molecular formula is C26H28ClN5O4. The normalized spacial score (nSPS) is 13.6. The van der Waals surface area contributed by atoms with E-state index >= 15 is 0 Å². The number of nitrogens with zero attached hydrogens (tertiary/aromatic N) is 5. The van der Waals surface area contributed by atoms with Crippen molar-refractivity contribution in [1.29, 1.82) is 0 Å². The van der Waals surface area contributed by atoms with Crippen LogP contribution in [0, 0.1) is 17.0 Å². The van der Waals surface area contributed by atoms with Crippen LogP contribution < -0.4 is 9.64 Å². The molecule has 1 aliphatic rings. The smallest absolute Gasteiger partial charge is 0.288 e. The molecule has 3 aromatic rings. The molecule has 0 N–H and O–H groups in total. The first-order valence-corrected chi connectivity index (χ1v) is 12.2. The van der Waals surface area contributed by atoms with Gasteiger partial charge in [0.15, 0.2) is 0 Å². The number of ether oxygens (including phenoxy) is 1. The Morgan fingerprint density at radius 1 is 1.11 bits per heavy atom.